The summed E-state index contributed by atoms with van der Waals surface area (Å²) < 4.78 is 0. The Kier molecular flexibility index (Phi) is 6.53. The van der Waals surface area contributed by atoms with Crippen LogP contribution in [0.25, 0.3) is 0 Å². The van der Waals surface area contributed by atoms with Gasteiger partial charge in [-0.15, -0.1) is 0 Å². The Labute approximate surface area is 134 Å². The molecular weight excluding hydrogens is 313 g/mol. The molecule has 0 bridgehead atoms. The van der Waals surface area contributed by atoms with E-state index in [9.17, 15) is 4.79 Å². The van der Waals surface area contributed by atoms with Crippen molar-refractivity contribution in [3.8, 4) is 0 Å². The molecule has 1 N–H and O–H groups in total. The number of hydrogen-bond acceptors (Lipinski definition) is 2. The quantitative estimate of drug-likeness (QED) is 0.767. The Morgan fingerprint density at radius 1 is 1.25 bits per heavy atom. The average Bonchev–Trinajstić information content (AvgIpc) is 2.91. The minimum Gasteiger partial charge on any atom is -0.353 e. The van der Waals surface area contributed by atoms with Gasteiger partial charge in [0, 0.05) is 24.0 Å². The topological polar surface area (TPSA) is 29.1 Å². The first-order valence-electron chi connectivity index (χ1n) is 6.96. The molecule has 1 aromatic carbocycles. The van der Waals surface area contributed by atoms with Gasteiger partial charge in [0.2, 0.25) is 5.91 Å². The number of halogens is 2. The molecule has 0 saturated heterocycles. The lowest BCUT2D eigenvalue weighted by molar-refractivity contribution is -0.121. The van der Waals surface area contributed by atoms with E-state index < -0.39 is 0 Å². The second-order valence-corrected chi connectivity index (χ2v) is 7.02. The summed E-state index contributed by atoms with van der Waals surface area (Å²) in [6.07, 6.45) is 5.36. The van der Waals surface area contributed by atoms with Gasteiger partial charge in [-0.25, -0.2) is 0 Å². The van der Waals surface area contributed by atoms with E-state index in [1.165, 1.54) is 12.8 Å². The molecule has 1 aliphatic rings. The van der Waals surface area contributed by atoms with E-state index in [2.05, 4.69) is 5.32 Å². The normalized spacial score (nSPS) is 15.5. The van der Waals surface area contributed by atoms with Crippen molar-refractivity contribution in [3.05, 3.63) is 33.8 Å². The van der Waals surface area contributed by atoms with Crippen LogP contribution in [-0.4, -0.2) is 17.7 Å². The zero-order chi connectivity index (χ0) is 14.4. The number of benzene rings is 1. The molecule has 0 unspecified atom stereocenters. The SMILES string of the molecule is O=C(CCSCc1ccc(Cl)c(Cl)c1)NC1CCCC1. The van der Waals surface area contributed by atoms with Gasteiger partial charge in [-0.05, 0) is 30.5 Å². The molecule has 110 valence electrons. The lowest BCUT2D eigenvalue weighted by atomic mass is 10.2. The molecule has 0 aromatic heterocycles. The Balaban J connectivity index is 1.63. The lowest BCUT2D eigenvalue weighted by Gasteiger charge is -2.11. The third-order valence-electron chi connectivity index (χ3n) is 3.45. The summed E-state index contributed by atoms with van der Waals surface area (Å²) in [5.41, 5.74) is 1.14. The van der Waals surface area contributed by atoms with E-state index in [1.807, 2.05) is 18.2 Å². The molecule has 20 heavy (non-hydrogen) atoms. The number of amides is 1. The van der Waals surface area contributed by atoms with Gasteiger partial charge < -0.3 is 5.32 Å². The van der Waals surface area contributed by atoms with Gasteiger partial charge in [0.1, 0.15) is 0 Å². The molecule has 0 atom stereocenters. The molecule has 0 spiro atoms. The monoisotopic (exact) mass is 331 g/mol. The maximum Gasteiger partial charge on any atom is 0.221 e. The summed E-state index contributed by atoms with van der Waals surface area (Å²) in [7, 11) is 0. The van der Waals surface area contributed by atoms with E-state index in [4.69, 9.17) is 23.2 Å². The second kappa shape index (κ2) is 8.16. The van der Waals surface area contributed by atoms with Crippen LogP contribution in [0.2, 0.25) is 10.0 Å². The van der Waals surface area contributed by atoms with Crippen molar-refractivity contribution in [2.75, 3.05) is 5.75 Å². The third kappa shape index (κ3) is 5.19. The maximum atomic E-state index is 11.7. The molecule has 0 heterocycles. The van der Waals surface area contributed by atoms with Crippen LogP contribution >= 0.6 is 35.0 Å². The number of nitrogens with one attached hydrogen (secondary N) is 1. The number of thioether (sulfide) groups is 1. The molecule has 0 radical (unpaired) electrons. The van der Waals surface area contributed by atoms with Crippen LogP contribution in [0.3, 0.4) is 0 Å². The van der Waals surface area contributed by atoms with Gasteiger partial charge >= 0.3 is 0 Å². The van der Waals surface area contributed by atoms with Crippen molar-refractivity contribution in [2.24, 2.45) is 0 Å². The summed E-state index contributed by atoms with van der Waals surface area (Å²) in [5, 5.41) is 4.27. The van der Waals surface area contributed by atoms with Crippen molar-refractivity contribution >= 4 is 40.9 Å². The van der Waals surface area contributed by atoms with Crippen LogP contribution in [-0.2, 0) is 10.5 Å². The van der Waals surface area contributed by atoms with E-state index in [0.29, 0.717) is 22.5 Å². The van der Waals surface area contributed by atoms with Gasteiger partial charge in [-0.2, -0.15) is 11.8 Å². The second-order valence-electron chi connectivity index (χ2n) is 5.10. The summed E-state index contributed by atoms with van der Waals surface area (Å²) in [5.74, 6) is 1.87. The first-order valence-corrected chi connectivity index (χ1v) is 8.87. The van der Waals surface area contributed by atoms with Crippen LogP contribution in [0, 0.1) is 0 Å². The van der Waals surface area contributed by atoms with E-state index in [1.54, 1.807) is 11.8 Å². The number of hydrogen-bond donors (Lipinski definition) is 1. The maximum absolute atomic E-state index is 11.7. The smallest absolute Gasteiger partial charge is 0.221 e. The van der Waals surface area contributed by atoms with Gasteiger partial charge in [0.05, 0.1) is 10.0 Å². The van der Waals surface area contributed by atoms with E-state index in [-0.39, 0.29) is 5.91 Å². The standard InChI is InChI=1S/C15H19Cl2NOS/c16-13-6-5-11(9-14(13)17)10-20-8-7-15(19)18-12-3-1-2-4-12/h5-6,9,12H,1-4,7-8,10H2,(H,18,19). The highest BCUT2D eigenvalue weighted by atomic mass is 35.5. The Bertz CT molecular complexity index is 461. The van der Waals surface area contributed by atoms with Crippen molar-refractivity contribution in [3.63, 3.8) is 0 Å². The highest BCUT2D eigenvalue weighted by molar-refractivity contribution is 7.98. The van der Waals surface area contributed by atoms with Crippen molar-refractivity contribution in [1.82, 2.24) is 5.32 Å². The zero-order valence-corrected chi connectivity index (χ0v) is 13.7. The lowest BCUT2D eigenvalue weighted by Crippen LogP contribution is -2.32. The predicted molar refractivity (Wildman–Crippen MR) is 87.6 cm³/mol. The number of rotatable bonds is 6. The highest BCUT2D eigenvalue weighted by Crippen LogP contribution is 2.24. The number of carbonyl (C=O) groups is 1. The van der Waals surface area contributed by atoms with Gasteiger partial charge in [0.25, 0.3) is 0 Å². The summed E-state index contributed by atoms with van der Waals surface area (Å²) >= 11 is 13.6. The first-order chi connectivity index (χ1) is 9.65. The highest BCUT2D eigenvalue weighted by Gasteiger charge is 2.16. The third-order valence-corrected chi connectivity index (χ3v) is 5.22. The molecule has 1 aromatic rings. The van der Waals surface area contributed by atoms with Gasteiger partial charge in [0.15, 0.2) is 0 Å². The minimum atomic E-state index is 0.179. The molecule has 1 aliphatic carbocycles. The van der Waals surface area contributed by atoms with Crippen molar-refractivity contribution < 1.29 is 4.79 Å². The molecule has 1 amide bonds. The molecule has 2 nitrogen and oxygen atoms in total. The van der Waals surface area contributed by atoms with Gasteiger partial charge in [-0.1, -0.05) is 42.1 Å². The van der Waals surface area contributed by atoms with Crippen LogP contribution in [0.5, 0.6) is 0 Å². The average molecular weight is 332 g/mol. The fourth-order valence-corrected chi connectivity index (χ4v) is 3.56. The fraction of sp³-hybridized carbons (Fsp3) is 0.533. The Morgan fingerprint density at radius 3 is 2.70 bits per heavy atom. The first kappa shape index (κ1) is 16.0. The predicted octanol–water partition coefficient (Wildman–Crippen LogP) is 4.68. The molecule has 2 rings (SSSR count). The molecule has 0 aliphatic heterocycles. The van der Waals surface area contributed by atoms with Crippen LogP contribution in [0.15, 0.2) is 18.2 Å². The molecular formula is C15H19Cl2NOS. The molecule has 1 fully saturated rings. The summed E-state index contributed by atoms with van der Waals surface area (Å²) in [6.45, 7) is 0. The van der Waals surface area contributed by atoms with Crippen LogP contribution < -0.4 is 5.32 Å². The summed E-state index contributed by atoms with van der Waals surface area (Å²) in [4.78, 5) is 11.7. The van der Waals surface area contributed by atoms with Crippen molar-refractivity contribution in [1.29, 1.82) is 0 Å². The molecule has 1 saturated carbocycles. The van der Waals surface area contributed by atoms with E-state index in [0.717, 1.165) is 29.9 Å². The Morgan fingerprint density at radius 2 is 2.00 bits per heavy atom. The minimum absolute atomic E-state index is 0.179. The van der Waals surface area contributed by atoms with Crippen LogP contribution in [0.4, 0.5) is 0 Å². The number of carbonyl (C=O) groups excluding carboxylic acids is 1. The van der Waals surface area contributed by atoms with Crippen LogP contribution in [0.1, 0.15) is 37.7 Å². The van der Waals surface area contributed by atoms with Crippen molar-refractivity contribution in [2.45, 2.75) is 43.9 Å². The van der Waals surface area contributed by atoms with Gasteiger partial charge in [-0.3, -0.25) is 4.79 Å². The molecule has 5 heteroatoms. The zero-order valence-electron chi connectivity index (χ0n) is 11.3. The fourth-order valence-electron chi connectivity index (χ4n) is 2.35. The summed E-state index contributed by atoms with van der Waals surface area (Å²) in [6, 6.07) is 6.09. The Hall–Kier alpha value is -0.380. The largest absolute Gasteiger partial charge is 0.353 e. The van der Waals surface area contributed by atoms with E-state index >= 15 is 0 Å².